The Morgan fingerprint density at radius 3 is 1.69 bits per heavy atom. The van der Waals surface area contributed by atoms with Gasteiger partial charge in [-0.2, -0.15) is 0 Å². The Bertz CT molecular complexity index is 97.7. The normalized spacial score (nSPS) is 12.0. The Morgan fingerprint density at radius 1 is 0.923 bits per heavy atom. The molecule has 0 fully saturated rings. The van der Waals surface area contributed by atoms with Crippen LogP contribution in [0.5, 0.6) is 0 Å². The molecule has 0 aromatic heterocycles. The highest BCUT2D eigenvalue weighted by Gasteiger charge is 2.04. The highest BCUT2D eigenvalue weighted by Crippen LogP contribution is 2.19. The lowest BCUT2D eigenvalue weighted by Crippen LogP contribution is -2.17. The van der Waals surface area contributed by atoms with Crippen LogP contribution in [-0.4, -0.2) is 14.1 Å². The van der Waals surface area contributed by atoms with Crippen molar-refractivity contribution in [2.24, 2.45) is 11.8 Å². The molecule has 0 unspecified atom stereocenters. The lowest BCUT2D eigenvalue weighted by molar-refractivity contribution is 0.682. The van der Waals surface area contributed by atoms with Crippen molar-refractivity contribution in [3.05, 3.63) is 0 Å². The smallest absolute Gasteiger partial charge is 0.0323 e. The minimum atomic E-state index is -0.367. The molecule has 0 amide bonds. The van der Waals surface area contributed by atoms with Crippen molar-refractivity contribution in [1.29, 1.82) is 0 Å². The highest BCUT2D eigenvalue weighted by atomic mass is 27.2. The third kappa shape index (κ3) is 8.85. The third-order valence-corrected chi connectivity index (χ3v) is 7.02. The van der Waals surface area contributed by atoms with Gasteiger partial charge in [0.15, 0.2) is 0 Å². The van der Waals surface area contributed by atoms with Crippen LogP contribution in [0.2, 0.25) is 15.8 Å². The maximum Gasteiger partial charge on any atom is -0.0323 e. The SMILES string of the molecule is CCC[CH2][Al-]([CH2]C(C)C)[CH2]C(C)C. The highest BCUT2D eigenvalue weighted by molar-refractivity contribution is 6.58. The Morgan fingerprint density at radius 2 is 1.38 bits per heavy atom. The van der Waals surface area contributed by atoms with E-state index in [1.807, 2.05) is 0 Å². The van der Waals surface area contributed by atoms with E-state index in [1.165, 1.54) is 12.8 Å². The molecule has 1 heteroatoms. The van der Waals surface area contributed by atoms with Crippen LogP contribution in [0.25, 0.3) is 0 Å². The van der Waals surface area contributed by atoms with E-state index in [-0.39, 0.29) is 14.1 Å². The molecule has 0 saturated carbocycles. The minimum absolute atomic E-state index is 0.367. The van der Waals surface area contributed by atoms with Crippen LogP contribution in [0.3, 0.4) is 0 Å². The van der Waals surface area contributed by atoms with E-state index in [9.17, 15) is 0 Å². The standard InChI is InChI=1S/3C4H9.Al/c2*1-4(2)3;1-3-4-2;/h2*4H,1H2,2-3H3;1,3-4H2,2H3;/q;;;-1. The quantitative estimate of drug-likeness (QED) is 0.525. The van der Waals surface area contributed by atoms with Gasteiger partial charge in [0.25, 0.3) is 0 Å². The van der Waals surface area contributed by atoms with Gasteiger partial charge in [0, 0.05) is 0 Å². The second-order valence-corrected chi connectivity index (χ2v) is 8.52. The van der Waals surface area contributed by atoms with Crippen molar-refractivity contribution in [2.75, 3.05) is 0 Å². The van der Waals surface area contributed by atoms with Gasteiger partial charge in [-0.3, -0.25) is 0 Å². The van der Waals surface area contributed by atoms with E-state index >= 15 is 0 Å². The fourth-order valence-electron chi connectivity index (χ4n) is 2.16. The topological polar surface area (TPSA) is 0 Å². The first kappa shape index (κ1) is 13.5. The molecular formula is C12H27Al-. The average Bonchev–Trinajstić information content (AvgIpc) is 1.98. The zero-order valence-electron chi connectivity index (χ0n) is 10.3. The van der Waals surface area contributed by atoms with Crippen LogP contribution >= 0.6 is 0 Å². The second kappa shape index (κ2) is 7.89. The van der Waals surface area contributed by atoms with E-state index in [0.717, 1.165) is 11.8 Å². The van der Waals surface area contributed by atoms with E-state index < -0.39 is 0 Å². The molecule has 0 nitrogen and oxygen atoms in total. The zero-order chi connectivity index (χ0) is 10.3. The van der Waals surface area contributed by atoms with Gasteiger partial charge in [0.1, 0.15) is 0 Å². The molecule has 0 aromatic carbocycles. The molecule has 1 radical (unpaired) electrons. The van der Waals surface area contributed by atoms with E-state index in [4.69, 9.17) is 0 Å². The van der Waals surface area contributed by atoms with Gasteiger partial charge in [0.05, 0.1) is 0 Å². The summed E-state index contributed by atoms with van der Waals surface area (Å²) in [6.07, 6.45) is 2.87. The number of rotatable bonds is 7. The maximum absolute atomic E-state index is 2.38. The van der Waals surface area contributed by atoms with Gasteiger partial charge in [-0.25, -0.2) is 15.8 Å². The van der Waals surface area contributed by atoms with Crippen LogP contribution in [-0.2, 0) is 0 Å². The van der Waals surface area contributed by atoms with Gasteiger partial charge >= 0.3 is 0 Å². The fraction of sp³-hybridized carbons (Fsp3) is 1.00. The summed E-state index contributed by atoms with van der Waals surface area (Å²) in [5.41, 5.74) is 0. The first-order valence-electron chi connectivity index (χ1n) is 6.06. The molecule has 0 aliphatic rings. The molecule has 0 spiro atoms. The third-order valence-electron chi connectivity index (χ3n) is 2.58. The summed E-state index contributed by atoms with van der Waals surface area (Å²) >= 11 is -0.367. The first-order valence-corrected chi connectivity index (χ1v) is 8.51. The Hall–Kier alpha value is 0.532. The summed E-state index contributed by atoms with van der Waals surface area (Å²) in [4.78, 5) is 0. The summed E-state index contributed by atoms with van der Waals surface area (Å²) in [7, 11) is 0. The van der Waals surface area contributed by atoms with Crippen molar-refractivity contribution in [2.45, 2.75) is 63.3 Å². The van der Waals surface area contributed by atoms with Crippen LogP contribution in [0.4, 0.5) is 0 Å². The molecule has 0 bridgehead atoms. The van der Waals surface area contributed by atoms with Gasteiger partial charge in [-0.1, -0.05) is 59.3 Å². The molecular weight excluding hydrogens is 171 g/mol. The van der Waals surface area contributed by atoms with Crippen LogP contribution in [0.1, 0.15) is 47.5 Å². The molecule has 0 rings (SSSR count). The average molecular weight is 198 g/mol. The van der Waals surface area contributed by atoms with Crippen molar-refractivity contribution in [3.63, 3.8) is 0 Å². The van der Waals surface area contributed by atoms with Crippen LogP contribution in [0, 0.1) is 11.8 Å². The largest absolute Gasteiger partial charge is 0.222 e. The zero-order valence-corrected chi connectivity index (χ0v) is 11.4. The maximum atomic E-state index is 2.38. The lowest BCUT2D eigenvalue weighted by atomic mass is 10.3. The van der Waals surface area contributed by atoms with Crippen molar-refractivity contribution in [1.82, 2.24) is 0 Å². The Balaban J connectivity index is 3.73. The van der Waals surface area contributed by atoms with Crippen molar-refractivity contribution in [3.8, 4) is 0 Å². The van der Waals surface area contributed by atoms with Gasteiger partial charge in [-0.15, -0.1) is 0 Å². The second-order valence-electron chi connectivity index (χ2n) is 5.27. The fourth-order valence-corrected chi connectivity index (χ4v) is 6.47. The van der Waals surface area contributed by atoms with Gasteiger partial charge in [0.2, 0.25) is 0 Å². The lowest BCUT2D eigenvalue weighted by Gasteiger charge is -2.28. The first-order chi connectivity index (χ1) is 6.06. The number of unbranched alkanes of at least 4 members (excludes halogenated alkanes) is 1. The molecule has 0 aliphatic carbocycles. The molecule has 79 valence electrons. The predicted molar refractivity (Wildman–Crippen MR) is 64.8 cm³/mol. The summed E-state index contributed by atoms with van der Waals surface area (Å²) in [5, 5.41) is 4.73. The monoisotopic (exact) mass is 198 g/mol. The molecule has 0 aromatic rings. The Labute approximate surface area is 89.5 Å². The van der Waals surface area contributed by atoms with Gasteiger partial charge in [-0.05, 0) is 14.1 Å². The summed E-state index contributed by atoms with van der Waals surface area (Å²) in [5.74, 6) is 1.87. The molecule has 0 N–H and O–H groups in total. The van der Waals surface area contributed by atoms with Crippen LogP contribution < -0.4 is 0 Å². The molecule has 13 heavy (non-hydrogen) atoms. The van der Waals surface area contributed by atoms with E-state index in [0.29, 0.717) is 0 Å². The van der Waals surface area contributed by atoms with Gasteiger partial charge < -0.3 is 0 Å². The van der Waals surface area contributed by atoms with E-state index in [1.54, 1.807) is 15.8 Å². The minimum Gasteiger partial charge on any atom is -0.222 e. The molecule has 0 atom stereocenters. The predicted octanol–water partition coefficient (Wildman–Crippen LogP) is 4.59. The van der Waals surface area contributed by atoms with Crippen LogP contribution in [0.15, 0.2) is 0 Å². The van der Waals surface area contributed by atoms with E-state index in [2.05, 4.69) is 34.6 Å². The Kier molecular flexibility index (Phi) is 8.22. The number of hydrogen-bond donors (Lipinski definition) is 0. The summed E-state index contributed by atoms with van der Waals surface area (Å²) in [6, 6.07) is 0. The van der Waals surface area contributed by atoms with Crippen molar-refractivity contribution >= 4 is 14.1 Å². The summed E-state index contributed by atoms with van der Waals surface area (Å²) in [6.45, 7) is 11.8. The molecule has 0 saturated heterocycles. The molecule has 0 heterocycles. The molecule has 0 aliphatic heterocycles. The van der Waals surface area contributed by atoms with Crippen molar-refractivity contribution < 1.29 is 0 Å². The number of hydrogen-bond acceptors (Lipinski definition) is 0. The summed E-state index contributed by atoms with van der Waals surface area (Å²) < 4.78 is 0.